The number of carbonyl (C=O) groups is 7. The summed E-state index contributed by atoms with van der Waals surface area (Å²) >= 11 is 0. The van der Waals surface area contributed by atoms with Crippen LogP contribution in [-0.4, -0.2) is 119 Å². The summed E-state index contributed by atoms with van der Waals surface area (Å²) in [5, 5.41) is 26.7. The van der Waals surface area contributed by atoms with E-state index >= 15 is 0 Å². The van der Waals surface area contributed by atoms with Crippen LogP contribution in [0.5, 0.6) is 5.75 Å². The van der Waals surface area contributed by atoms with Crippen LogP contribution in [0.2, 0.25) is 0 Å². The molecular weight excluding hydrogens is 901 g/mol. The molecule has 19 nitrogen and oxygen atoms in total. The van der Waals surface area contributed by atoms with Crippen LogP contribution in [0.15, 0.2) is 59.6 Å². The van der Waals surface area contributed by atoms with Crippen molar-refractivity contribution in [1.82, 2.24) is 31.9 Å². The second-order valence-corrected chi connectivity index (χ2v) is 20.0. The Morgan fingerprint density at radius 2 is 1.45 bits per heavy atom. The van der Waals surface area contributed by atoms with Gasteiger partial charge in [0.1, 0.15) is 42.0 Å². The number of hydrogen-bond donors (Lipinski definition) is 10. The smallest absolute Gasteiger partial charge is 0.326 e. The molecule has 2 aliphatic rings. The number of aliphatic imine (C=N–C) groups is 1. The van der Waals surface area contributed by atoms with Crippen LogP contribution in [0.3, 0.4) is 0 Å². The average Bonchev–Trinajstić information content (AvgIpc) is 3.28. The number of benzene rings is 2. The molecule has 368 valence electrons. The maximum absolute atomic E-state index is 14.5. The second-order valence-electron chi connectivity index (χ2n) is 17.2. The number of nitrogens with one attached hydrogen (secondary N) is 6. The molecule has 6 amide bonds. The molecule has 67 heavy (non-hydrogen) atoms. The van der Waals surface area contributed by atoms with Gasteiger partial charge in [-0.15, -0.1) is 0 Å². The number of aliphatic carboxylic acids is 1. The summed E-state index contributed by atoms with van der Waals surface area (Å²) in [6, 6.07) is 8.79. The quantitative estimate of drug-likeness (QED) is 0.0493. The van der Waals surface area contributed by atoms with Crippen molar-refractivity contribution in [3.63, 3.8) is 0 Å². The normalized spacial score (nSPS) is 22.8. The fourth-order valence-electron chi connectivity index (χ4n) is 7.89. The largest absolute Gasteiger partial charge is 0.494 e. The Labute approximate surface area is 400 Å². The molecule has 0 aromatic heterocycles. The van der Waals surface area contributed by atoms with Gasteiger partial charge in [-0.1, -0.05) is 97.2 Å². The first-order valence-electron chi connectivity index (χ1n) is 22.9. The molecule has 1 saturated heterocycles. The summed E-state index contributed by atoms with van der Waals surface area (Å²) in [6.07, 6.45) is 4.22. The zero-order valence-electron chi connectivity index (χ0n) is 38.6. The van der Waals surface area contributed by atoms with E-state index in [0.717, 1.165) is 30.4 Å². The molecule has 1 aliphatic carbocycles. The lowest BCUT2D eigenvalue weighted by atomic mass is 9.85. The molecule has 1 saturated carbocycles. The van der Waals surface area contributed by atoms with E-state index in [0.29, 0.717) is 25.2 Å². The van der Waals surface area contributed by atoms with Crippen LogP contribution in [0.25, 0.3) is 0 Å². The van der Waals surface area contributed by atoms with Gasteiger partial charge in [-0.3, -0.25) is 33.8 Å². The Morgan fingerprint density at radius 1 is 0.836 bits per heavy atom. The maximum atomic E-state index is 14.5. The number of amides is 6. The van der Waals surface area contributed by atoms with Crippen LogP contribution >= 0.6 is 21.6 Å². The molecule has 2 aromatic rings. The highest BCUT2D eigenvalue weighted by molar-refractivity contribution is 8.77. The summed E-state index contributed by atoms with van der Waals surface area (Å²) in [5.41, 5.74) is 18.2. The van der Waals surface area contributed by atoms with Crippen LogP contribution in [-0.2, 0) is 46.4 Å². The van der Waals surface area contributed by atoms with E-state index in [1.807, 2.05) is 37.3 Å². The number of nitrogens with two attached hydrogens (primary N) is 3. The number of carboxylic acids is 1. The number of ether oxygens (including phenoxy) is 1. The summed E-state index contributed by atoms with van der Waals surface area (Å²) in [4.78, 5) is 102. The summed E-state index contributed by atoms with van der Waals surface area (Å²) in [5.74, 6) is -5.32. The Bertz CT molecular complexity index is 2000. The lowest BCUT2D eigenvalue weighted by molar-refractivity contribution is -0.142. The molecule has 6 atom stereocenters. The van der Waals surface area contributed by atoms with Crippen molar-refractivity contribution in [1.29, 1.82) is 0 Å². The van der Waals surface area contributed by atoms with Gasteiger partial charge in [-0.25, -0.2) is 4.79 Å². The summed E-state index contributed by atoms with van der Waals surface area (Å²) in [7, 11) is 2.66. The van der Waals surface area contributed by atoms with Gasteiger partial charge in [0.25, 0.3) is 0 Å². The molecule has 1 aliphatic heterocycles. The second kappa shape index (κ2) is 27.3. The fourth-order valence-corrected chi connectivity index (χ4v) is 11.3. The zero-order valence-corrected chi connectivity index (χ0v) is 40.2. The van der Waals surface area contributed by atoms with Crippen LogP contribution in [0.1, 0.15) is 89.7 Å². The minimum Gasteiger partial charge on any atom is -0.494 e. The molecular formula is C46H68N10O9S2. The standard InChI is InChI=1S/C46H68N10O9S2/c1-4-65-31-17-15-30(16-18-31)25-34-40(59)54-35(24-29-12-7-5-8-13-29)41(60)56-38(28(2)3)43(62)52-32(19-22-47)39(58)55-36(42(61)53-33(44(63)64)14-11-23-50-45(48)49)27-66-67-46(26-37(57)51-34)20-9-6-10-21-46/h5,7-8,12-13,15-18,28,32-36,38H,4,6,9-11,14,19-27,47H2,1-3H3,(H,51,57)(H,52,62)(H,53,61)(H,54,59)(H,55,58)(H,56,60)(H,63,64)(H4,48,49,50)/t32-,33+,34+,35-,36-,38+/m1/s1. The van der Waals surface area contributed by atoms with E-state index in [1.54, 1.807) is 38.1 Å². The first-order valence-corrected chi connectivity index (χ1v) is 25.2. The molecule has 2 aromatic carbocycles. The Kier molecular flexibility index (Phi) is 22.0. The van der Waals surface area contributed by atoms with E-state index in [1.165, 1.54) is 21.6 Å². The lowest BCUT2D eigenvalue weighted by Gasteiger charge is -2.36. The number of carboxylic acid groups (broad SMARTS) is 1. The molecule has 21 heteroatoms. The molecule has 1 heterocycles. The van der Waals surface area contributed by atoms with E-state index in [2.05, 4.69) is 36.9 Å². The predicted octanol–water partition coefficient (Wildman–Crippen LogP) is 1.41. The Morgan fingerprint density at radius 3 is 2.06 bits per heavy atom. The summed E-state index contributed by atoms with van der Waals surface area (Å²) in [6.45, 7) is 5.84. The van der Waals surface area contributed by atoms with Gasteiger partial charge in [-0.05, 0) is 74.8 Å². The van der Waals surface area contributed by atoms with Crippen LogP contribution in [0.4, 0.5) is 0 Å². The lowest BCUT2D eigenvalue weighted by Crippen LogP contribution is -2.61. The molecule has 0 unspecified atom stereocenters. The zero-order chi connectivity index (χ0) is 48.9. The molecule has 4 rings (SSSR count). The highest BCUT2D eigenvalue weighted by atomic mass is 33.1. The van der Waals surface area contributed by atoms with Gasteiger partial charge in [-0.2, -0.15) is 0 Å². The Hall–Kier alpha value is -5.54. The SMILES string of the molecule is CCOc1ccc(C[C@@H]2NC(=O)CC3(CCCCC3)SSC[C@H](C(=O)N[C@@H](CCCN=C(N)N)C(=O)O)NC(=O)[C@@H](CCN)NC(=O)[C@H](C(C)C)NC(=O)[C@@H](Cc3ccccc3)NC2=O)cc1. The first-order chi connectivity index (χ1) is 32.0. The molecule has 2 fully saturated rings. The van der Waals surface area contributed by atoms with Gasteiger partial charge in [0.15, 0.2) is 5.96 Å². The third-order valence-corrected chi connectivity index (χ3v) is 14.8. The van der Waals surface area contributed by atoms with Crippen molar-refractivity contribution in [2.24, 2.45) is 28.1 Å². The van der Waals surface area contributed by atoms with Crippen molar-refractivity contribution in [3.8, 4) is 5.75 Å². The van der Waals surface area contributed by atoms with Gasteiger partial charge < -0.3 is 58.9 Å². The Balaban J connectivity index is 1.75. The molecule has 0 radical (unpaired) electrons. The highest BCUT2D eigenvalue weighted by Gasteiger charge is 2.39. The number of guanidine groups is 1. The summed E-state index contributed by atoms with van der Waals surface area (Å²) < 4.78 is 4.98. The van der Waals surface area contributed by atoms with E-state index in [-0.39, 0.29) is 63.3 Å². The molecule has 1 spiro atoms. The van der Waals surface area contributed by atoms with E-state index in [4.69, 9.17) is 21.9 Å². The van der Waals surface area contributed by atoms with Gasteiger partial charge in [0, 0.05) is 36.3 Å². The van der Waals surface area contributed by atoms with E-state index < -0.39 is 88.3 Å². The van der Waals surface area contributed by atoms with Gasteiger partial charge in [0.2, 0.25) is 35.4 Å². The van der Waals surface area contributed by atoms with Gasteiger partial charge in [0.05, 0.1) is 6.61 Å². The average molecular weight is 969 g/mol. The monoisotopic (exact) mass is 968 g/mol. The third kappa shape index (κ3) is 17.9. The van der Waals surface area contributed by atoms with Crippen LogP contribution in [0, 0.1) is 5.92 Å². The van der Waals surface area contributed by atoms with Crippen molar-refractivity contribution < 1.29 is 43.4 Å². The molecule has 0 bridgehead atoms. The number of carbonyl (C=O) groups excluding carboxylic acids is 6. The predicted molar refractivity (Wildman–Crippen MR) is 260 cm³/mol. The fraction of sp³-hybridized carbons (Fsp3) is 0.565. The van der Waals surface area contributed by atoms with Crippen molar-refractivity contribution in [2.75, 3.05) is 25.4 Å². The minimum atomic E-state index is -1.35. The van der Waals surface area contributed by atoms with E-state index in [9.17, 15) is 38.7 Å². The topological polar surface area (TPSA) is 312 Å². The highest BCUT2D eigenvalue weighted by Crippen LogP contribution is 2.48. The van der Waals surface area contributed by atoms with Crippen molar-refractivity contribution in [2.45, 2.75) is 132 Å². The van der Waals surface area contributed by atoms with Crippen LogP contribution < -0.4 is 53.8 Å². The van der Waals surface area contributed by atoms with Gasteiger partial charge >= 0.3 is 5.97 Å². The number of hydrogen-bond acceptors (Lipinski definition) is 12. The van der Waals surface area contributed by atoms with Crippen molar-refractivity contribution in [3.05, 3.63) is 65.7 Å². The molecule has 13 N–H and O–H groups in total. The third-order valence-electron chi connectivity index (χ3n) is 11.5. The first kappa shape index (κ1) is 54.1. The minimum absolute atomic E-state index is 0.0173. The number of nitrogens with zero attached hydrogens (tertiary/aromatic N) is 1. The maximum Gasteiger partial charge on any atom is 0.326 e. The number of rotatable bonds is 16. The van der Waals surface area contributed by atoms with Crippen molar-refractivity contribution >= 4 is 69.0 Å².